The van der Waals surface area contributed by atoms with E-state index in [2.05, 4.69) is 11.4 Å². The van der Waals surface area contributed by atoms with Crippen molar-refractivity contribution in [3.05, 3.63) is 35.0 Å². The third-order valence-corrected chi connectivity index (χ3v) is 4.09. The van der Waals surface area contributed by atoms with Gasteiger partial charge in [0.2, 0.25) is 0 Å². The third-order valence-electron chi connectivity index (χ3n) is 2.97. The molecule has 104 valence electrons. The van der Waals surface area contributed by atoms with Crippen molar-refractivity contribution >= 4 is 27.3 Å². The van der Waals surface area contributed by atoms with Gasteiger partial charge in [0.15, 0.2) is 0 Å². The van der Waals surface area contributed by atoms with E-state index in [4.69, 9.17) is 5.26 Å². The zero-order chi connectivity index (χ0) is 14.9. The number of rotatable bonds is 2. The molecule has 2 aromatic rings. The van der Waals surface area contributed by atoms with Gasteiger partial charge in [-0.25, -0.2) is 4.39 Å². The fourth-order valence-electron chi connectivity index (χ4n) is 1.77. The number of carbonyl (C=O) groups excluding carboxylic acids is 1. The summed E-state index contributed by atoms with van der Waals surface area (Å²) in [6.45, 7) is 5.67. The topological polar surface area (TPSA) is 52.9 Å². The second-order valence-electron chi connectivity index (χ2n) is 5.69. The lowest BCUT2D eigenvalue weighted by Gasteiger charge is -2.25. The Bertz CT molecular complexity index is 694. The monoisotopic (exact) mass is 290 g/mol. The summed E-state index contributed by atoms with van der Waals surface area (Å²) in [5.74, 6) is -0.625. The molecule has 0 saturated carbocycles. The zero-order valence-electron chi connectivity index (χ0n) is 11.5. The lowest BCUT2D eigenvalue weighted by Crippen LogP contribution is -2.42. The molecule has 1 aromatic carbocycles. The molecule has 0 bridgehead atoms. The Morgan fingerprint density at radius 2 is 2.10 bits per heavy atom. The standard InChI is InChI=1S/C15H15FN2OS/c1-15(2,3)13(8-17)18-14(19)12-7-9-6-10(16)4-5-11(9)20-12/h4-7,13H,1-3H3,(H,18,19). The van der Waals surface area contributed by atoms with E-state index in [9.17, 15) is 9.18 Å². The molecule has 1 heterocycles. The number of fused-ring (bicyclic) bond motifs is 1. The minimum absolute atomic E-state index is 0.298. The summed E-state index contributed by atoms with van der Waals surface area (Å²) < 4.78 is 14.0. The molecule has 0 spiro atoms. The molecule has 1 unspecified atom stereocenters. The van der Waals surface area contributed by atoms with E-state index in [1.165, 1.54) is 23.5 Å². The average molecular weight is 290 g/mol. The number of amides is 1. The molecule has 1 atom stereocenters. The number of nitrogens with one attached hydrogen (secondary N) is 1. The Kier molecular flexibility index (Phi) is 3.78. The van der Waals surface area contributed by atoms with Gasteiger partial charge >= 0.3 is 0 Å². The number of hydrogen-bond donors (Lipinski definition) is 1. The van der Waals surface area contributed by atoms with Gasteiger partial charge in [-0.05, 0) is 35.1 Å². The first kappa shape index (κ1) is 14.5. The van der Waals surface area contributed by atoms with Crippen LogP contribution >= 0.6 is 11.3 Å². The van der Waals surface area contributed by atoms with Gasteiger partial charge in [0, 0.05) is 4.70 Å². The van der Waals surface area contributed by atoms with Crippen molar-refractivity contribution in [1.82, 2.24) is 5.32 Å². The lowest BCUT2D eigenvalue weighted by atomic mass is 9.87. The molecule has 5 heteroatoms. The maximum Gasteiger partial charge on any atom is 0.262 e. The van der Waals surface area contributed by atoms with Crippen LogP contribution in [0.25, 0.3) is 10.1 Å². The van der Waals surface area contributed by atoms with E-state index < -0.39 is 6.04 Å². The summed E-state index contributed by atoms with van der Waals surface area (Å²) in [4.78, 5) is 12.7. The number of halogens is 1. The summed E-state index contributed by atoms with van der Waals surface area (Å²) in [5, 5.41) is 12.5. The summed E-state index contributed by atoms with van der Waals surface area (Å²) in [5.41, 5.74) is -0.340. The lowest BCUT2D eigenvalue weighted by molar-refractivity contribution is 0.0926. The van der Waals surface area contributed by atoms with E-state index in [0.29, 0.717) is 10.3 Å². The second kappa shape index (κ2) is 5.22. The first-order valence-corrected chi connectivity index (χ1v) is 7.02. The Labute approximate surface area is 121 Å². The van der Waals surface area contributed by atoms with E-state index in [1.807, 2.05) is 20.8 Å². The highest BCUT2D eigenvalue weighted by molar-refractivity contribution is 7.20. The van der Waals surface area contributed by atoms with Gasteiger partial charge in [-0.1, -0.05) is 20.8 Å². The second-order valence-corrected chi connectivity index (χ2v) is 6.78. The maximum atomic E-state index is 13.1. The molecular weight excluding hydrogens is 275 g/mol. The number of thiophene rings is 1. The Balaban J connectivity index is 2.26. The van der Waals surface area contributed by atoms with E-state index in [-0.39, 0.29) is 17.1 Å². The zero-order valence-corrected chi connectivity index (χ0v) is 12.3. The fraction of sp³-hybridized carbons (Fsp3) is 0.333. The number of nitriles is 1. The van der Waals surface area contributed by atoms with Crippen molar-refractivity contribution in [3.8, 4) is 6.07 Å². The van der Waals surface area contributed by atoms with Gasteiger partial charge in [-0.3, -0.25) is 4.79 Å². The van der Waals surface area contributed by atoms with Crippen LogP contribution in [0, 0.1) is 22.6 Å². The van der Waals surface area contributed by atoms with Crippen LogP contribution in [0.1, 0.15) is 30.4 Å². The molecule has 0 aliphatic heterocycles. The highest BCUT2D eigenvalue weighted by atomic mass is 32.1. The summed E-state index contributed by atoms with van der Waals surface area (Å²) >= 11 is 1.29. The van der Waals surface area contributed by atoms with Crippen molar-refractivity contribution < 1.29 is 9.18 Å². The van der Waals surface area contributed by atoms with Gasteiger partial charge < -0.3 is 5.32 Å². The average Bonchev–Trinajstić information content (AvgIpc) is 2.77. The molecule has 20 heavy (non-hydrogen) atoms. The largest absolute Gasteiger partial charge is 0.335 e. The number of hydrogen-bond acceptors (Lipinski definition) is 3. The van der Waals surface area contributed by atoms with Gasteiger partial charge in [0.05, 0.1) is 10.9 Å². The molecule has 1 N–H and O–H groups in total. The van der Waals surface area contributed by atoms with Crippen LogP contribution in [0.3, 0.4) is 0 Å². The molecular formula is C15H15FN2OS. The molecule has 0 fully saturated rings. The molecule has 0 radical (unpaired) electrons. The maximum absolute atomic E-state index is 13.1. The Hall–Kier alpha value is -1.93. The van der Waals surface area contributed by atoms with Crippen LogP contribution in [0.4, 0.5) is 4.39 Å². The molecule has 3 nitrogen and oxygen atoms in total. The SMILES string of the molecule is CC(C)(C)C(C#N)NC(=O)c1cc2cc(F)ccc2s1. The minimum Gasteiger partial charge on any atom is -0.335 e. The summed E-state index contributed by atoms with van der Waals surface area (Å²) in [6, 6.07) is 7.59. The molecule has 2 rings (SSSR count). The van der Waals surface area contributed by atoms with Gasteiger partial charge in [-0.2, -0.15) is 5.26 Å². The fourth-order valence-corrected chi connectivity index (χ4v) is 2.72. The number of carbonyl (C=O) groups is 1. The van der Waals surface area contributed by atoms with Crippen LogP contribution in [0.5, 0.6) is 0 Å². The Morgan fingerprint density at radius 3 is 2.70 bits per heavy atom. The summed E-state index contributed by atoms with van der Waals surface area (Å²) in [6.07, 6.45) is 0. The number of nitrogens with zero attached hydrogens (tertiary/aromatic N) is 1. The van der Waals surface area contributed by atoms with Crippen molar-refractivity contribution in [2.24, 2.45) is 5.41 Å². The molecule has 0 aliphatic rings. The third kappa shape index (κ3) is 2.97. The van der Waals surface area contributed by atoms with Crippen molar-refractivity contribution in [1.29, 1.82) is 5.26 Å². The van der Waals surface area contributed by atoms with Crippen LogP contribution in [-0.2, 0) is 0 Å². The van der Waals surface area contributed by atoms with Crippen molar-refractivity contribution in [2.45, 2.75) is 26.8 Å². The first-order chi connectivity index (χ1) is 9.31. The minimum atomic E-state index is -0.572. The van der Waals surface area contributed by atoms with Gasteiger partial charge in [-0.15, -0.1) is 11.3 Å². The summed E-state index contributed by atoms with van der Waals surface area (Å²) in [7, 11) is 0. The van der Waals surface area contributed by atoms with Crippen LogP contribution < -0.4 is 5.32 Å². The van der Waals surface area contributed by atoms with Crippen molar-refractivity contribution in [2.75, 3.05) is 0 Å². The number of benzene rings is 1. The normalized spacial score (nSPS) is 12.9. The molecule has 0 saturated heterocycles. The van der Waals surface area contributed by atoms with E-state index in [1.54, 1.807) is 12.1 Å². The molecule has 0 aliphatic carbocycles. The van der Waals surface area contributed by atoms with Gasteiger partial charge in [0.1, 0.15) is 11.9 Å². The van der Waals surface area contributed by atoms with E-state index >= 15 is 0 Å². The quantitative estimate of drug-likeness (QED) is 0.916. The predicted molar refractivity (Wildman–Crippen MR) is 78.1 cm³/mol. The smallest absolute Gasteiger partial charge is 0.262 e. The Morgan fingerprint density at radius 1 is 1.40 bits per heavy atom. The van der Waals surface area contributed by atoms with Crippen molar-refractivity contribution in [3.63, 3.8) is 0 Å². The first-order valence-electron chi connectivity index (χ1n) is 6.21. The van der Waals surface area contributed by atoms with Gasteiger partial charge in [0.25, 0.3) is 5.91 Å². The molecule has 1 amide bonds. The highest BCUT2D eigenvalue weighted by Crippen LogP contribution is 2.27. The van der Waals surface area contributed by atoms with Crippen LogP contribution in [-0.4, -0.2) is 11.9 Å². The van der Waals surface area contributed by atoms with Crippen LogP contribution in [0.15, 0.2) is 24.3 Å². The van der Waals surface area contributed by atoms with E-state index in [0.717, 1.165) is 4.70 Å². The van der Waals surface area contributed by atoms with Crippen LogP contribution in [0.2, 0.25) is 0 Å². The predicted octanol–water partition coefficient (Wildman–Crippen LogP) is 3.71. The highest BCUT2D eigenvalue weighted by Gasteiger charge is 2.26. The molecule has 1 aromatic heterocycles.